The van der Waals surface area contributed by atoms with Crippen LogP contribution in [0.15, 0.2) is 18.3 Å². The smallest absolute Gasteiger partial charge is 0.251 e. The number of benzene rings is 1. The summed E-state index contributed by atoms with van der Waals surface area (Å²) in [5.74, 6) is -0.0200. The van der Waals surface area contributed by atoms with Gasteiger partial charge in [-0.15, -0.1) is 0 Å². The first-order valence-electron chi connectivity index (χ1n) is 6.81. The molecule has 2 aromatic rings. The molecular weight excluding hydrogens is 254 g/mol. The Kier molecular flexibility index (Phi) is 3.18. The van der Waals surface area contributed by atoms with Gasteiger partial charge < -0.3 is 15.6 Å². The van der Waals surface area contributed by atoms with E-state index in [0.29, 0.717) is 13.1 Å². The zero-order valence-electron chi connectivity index (χ0n) is 11.4. The normalized spacial score (nSPS) is 13.9. The van der Waals surface area contributed by atoms with Crippen molar-refractivity contribution >= 4 is 22.7 Å². The largest absolute Gasteiger partial charge is 0.361 e. The van der Waals surface area contributed by atoms with Crippen LogP contribution in [0.25, 0.3) is 10.9 Å². The molecule has 5 heteroatoms. The molecule has 0 aliphatic carbocycles. The number of hydrogen-bond acceptors (Lipinski definition) is 2. The molecule has 0 fully saturated rings. The summed E-state index contributed by atoms with van der Waals surface area (Å²) in [7, 11) is 0. The Morgan fingerprint density at radius 3 is 3.05 bits per heavy atom. The Bertz CT molecular complexity index is 688. The van der Waals surface area contributed by atoms with Gasteiger partial charge in [0.1, 0.15) is 0 Å². The van der Waals surface area contributed by atoms with E-state index in [9.17, 15) is 9.59 Å². The second kappa shape index (κ2) is 5.00. The molecule has 0 atom stereocenters. The van der Waals surface area contributed by atoms with E-state index in [1.54, 1.807) is 0 Å². The molecule has 0 radical (unpaired) electrons. The van der Waals surface area contributed by atoms with Crippen molar-refractivity contribution in [3.63, 3.8) is 0 Å². The van der Waals surface area contributed by atoms with Gasteiger partial charge in [-0.3, -0.25) is 9.59 Å². The average molecular weight is 271 g/mol. The highest BCUT2D eigenvalue weighted by atomic mass is 16.2. The summed E-state index contributed by atoms with van der Waals surface area (Å²) in [6, 6.07) is 3.82. The number of carbonyl (C=O) groups excluding carboxylic acids is 2. The number of H-pyrrole nitrogens is 1. The van der Waals surface area contributed by atoms with Crippen LogP contribution < -0.4 is 10.6 Å². The number of aromatic nitrogens is 1. The summed E-state index contributed by atoms with van der Waals surface area (Å²) in [6.45, 7) is 2.81. The van der Waals surface area contributed by atoms with Gasteiger partial charge in [-0.25, -0.2) is 0 Å². The summed E-state index contributed by atoms with van der Waals surface area (Å²) >= 11 is 0. The van der Waals surface area contributed by atoms with Crippen molar-refractivity contribution in [2.75, 3.05) is 13.1 Å². The minimum Gasteiger partial charge on any atom is -0.361 e. The SMILES string of the molecule is CC(=O)NCCc1c[nH]c2ccc3c(c12)CCNC3=O. The first-order valence-corrected chi connectivity index (χ1v) is 6.81. The number of carbonyl (C=O) groups is 2. The molecule has 1 aromatic heterocycles. The van der Waals surface area contributed by atoms with E-state index < -0.39 is 0 Å². The molecule has 3 N–H and O–H groups in total. The van der Waals surface area contributed by atoms with Gasteiger partial charge in [-0.1, -0.05) is 0 Å². The van der Waals surface area contributed by atoms with Gasteiger partial charge in [-0.05, 0) is 36.1 Å². The predicted molar refractivity (Wildman–Crippen MR) is 76.7 cm³/mol. The van der Waals surface area contributed by atoms with E-state index in [2.05, 4.69) is 15.6 Å². The Balaban J connectivity index is 1.99. The molecule has 0 unspecified atom stereocenters. The third kappa shape index (κ3) is 2.15. The highest BCUT2D eigenvalue weighted by Crippen LogP contribution is 2.28. The Morgan fingerprint density at radius 1 is 1.40 bits per heavy atom. The van der Waals surface area contributed by atoms with Crippen LogP contribution in [-0.4, -0.2) is 29.9 Å². The number of fused-ring (bicyclic) bond motifs is 3. The molecule has 0 spiro atoms. The van der Waals surface area contributed by atoms with Crippen molar-refractivity contribution < 1.29 is 9.59 Å². The van der Waals surface area contributed by atoms with Crippen LogP contribution in [0.4, 0.5) is 0 Å². The molecule has 3 rings (SSSR count). The molecule has 20 heavy (non-hydrogen) atoms. The molecular formula is C15H17N3O2. The first kappa shape index (κ1) is 12.7. The molecule has 104 valence electrons. The van der Waals surface area contributed by atoms with Crippen LogP contribution in [-0.2, 0) is 17.6 Å². The highest BCUT2D eigenvalue weighted by Gasteiger charge is 2.20. The minimum absolute atomic E-state index is 0.00200. The molecule has 1 aromatic carbocycles. The molecule has 1 aliphatic rings. The number of hydrogen-bond donors (Lipinski definition) is 3. The zero-order chi connectivity index (χ0) is 14.1. The van der Waals surface area contributed by atoms with Gasteiger partial charge >= 0.3 is 0 Å². The monoisotopic (exact) mass is 271 g/mol. The van der Waals surface area contributed by atoms with Crippen molar-refractivity contribution in [3.05, 3.63) is 35.0 Å². The molecule has 1 aliphatic heterocycles. The highest BCUT2D eigenvalue weighted by molar-refractivity contribution is 6.02. The molecule has 5 nitrogen and oxygen atoms in total. The zero-order valence-corrected chi connectivity index (χ0v) is 11.4. The van der Waals surface area contributed by atoms with Crippen LogP contribution in [0.1, 0.15) is 28.4 Å². The summed E-state index contributed by atoms with van der Waals surface area (Å²) in [5.41, 5.74) is 4.09. The maximum atomic E-state index is 11.9. The van der Waals surface area contributed by atoms with Gasteiger partial charge in [0.05, 0.1) is 0 Å². The lowest BCUT2D eigenvalue weighted by atomic mass is 9.94. The molecule has 2 heterocycles. The van der Waals surface area contributed by atoms with Crippen LogP contribution >= 0.6 is 0 Å². The summed E-state index contributed by atoms with van der Waals surface area (Å²) in [6.07, 6.45) is 3.58. The average Bonchev–Trinajstić information content (AvgIpc) is 2.82. The van der Waals surface area contributed by atoms with E-state index in [4.69, 9.17) is 0 Å². The molecule has 2 amide bonds. The van der Waals surface area contributed by atoms with E-state index in [0.717, 1.165) is 40.4 Å². The third-order valence-electron chi connectivity index (χ3n) is 3.71. The minimum atomic E-state index is -0.0220. The Morgan fingerprint density at radius 2 is 2.25 bits per heavy atom. The van der Waals surface area contributed by atoms with Gasteiger partial charge in [0.15, 0.2) is 0 Å². The quantitative estimate of drug-likeness (QED) is 0.783. The lowest BCUT2D eigenvalue weighted by Gasteiger charge is -2.18. The van der Waals surface area contributed by atoms with Crippen molar-refractivity contribution in [1.29, 1.82) is 0 Å². The van der Waals surface area contributed by atoms with Gasteiger partial charge in [0.2, 0.25) is 5.91 Å². The maximum Gasteiger partial charge on any atom is 0.251 e. The lowest BCUT2D eigenvalue weighted by Crippen LogP contribution is -2.31. The Hall–Kier alpha value is -2.30. The second-order valence-electron chi connectivity index (χ2n) is 5.07. The number of nitrogens with one attached hydrogen (secondary N) is 3. The topological polar surface area (TPSA) is 74.0 Å². The summed E-state index contributed by atoms with van der Waals surface area (Å²) < 4.78 is 0. The van der Waals surface area contributed by atoms with Gasteiger partial charge in [-0.2, -0.15) is 0 Å². The van der Waals surface area contributed by atoms with Gasteiger partial charge in [0.25, 0.3) is 5.91 Å². The van der Waals surface area contributed by atoms with Crippen LogP contribution in [0, 0.1) is 0 Å². The van der Waals surface area contributed by atoms with E-state index in [1.165, 1.54) is 6.92 Å². The predicted octanol–water partition coefficient (Wildman–Crippen LogP) is 1.13. The van der Waals surface area contributed by atoms with E-state index in [-0.39, 0.29) is 11.8 Å². The first-order chi connectivity index (χ1) is 9.66. The van der Waals surface area contributed by atoms with Gasteiger partial charge in [0, 0.05) is 42.7 Å². The third-order valence-corrected chi connectivity index (χ3v) is 3.71. The number of rotatable bonds is 3. The number of amides is 2. The van der Waals surface area contributed by atoms with Crippen molar-refractivity contribution in [1.82, 2.24) is 15.6 Å². The van der Waals surface area contributed by atoms with Crippen molar-refractivity contribution in [3.8, 4) is 0 Å². The molecule has 0 saturated carbocycles. The summed E-state index contributed by atoms with van der Waals surface area (Å²) in [5, 5.41) is 6.81. The molecule has 0 saturated heterocycles. The maximum absolute atomic E-state index is 11.9. The fourth-order valence-corrected chi connectivity index (χ4v) is 2.81. The standard InChI is InChI=1S/C15H17N3O2/c1-9(19)16-6-4-10-8-18-13-3-2-12-11(14(10)13)5-7-17-15(12)20/h2-3,8,18H,4-7H2,1H3,(H,16,19)(H,17,20). The lowest BCUT2D eigenvalue weighted by molar-refractivity contribution is -0.118. The van der Waals surface area contributed by atoms with Crippen molar-refractivity contribution in [2.45, 2.75) is 19.8 Å². The molecule has 0 bridgehead atoms. The van der Waals surface area contributed by atoms with Crippen LogP contribution in [0.3, 0.4) is 0 Å². The van der Waals surface area contributed by atoms with Crippen LogP contribution in [0.2, 0.25) is 0 Å². The van der Waals surface area contributed by atoms with E-state index >= 15 is 0 Å². The van der Waals surface area contributed by atoms with Crippen LogP contribution in [0.5, 0.6) is 0 Å². The Labute approximate surface area is 116 Å². The van der Waals surface area contributed by atoms with E-state index in [1.807, 2.05) is 18.3 Å². The second-order valence-corrected chi connectivity index (χ2v) is 5.07. The summed E-state index contributed by atoms with van der Waals surface area (Å²) in [4.78, 5) is 26.1. The van der Waals surface area contributed by atoms with Crippen molar-refractivity contribution in [2.24, 2.45) is 0 Å². The number of aromatic amines is 1. The fourth-order valence-electron chi connectivity index (χ4n) is 2.81. The fraction of sp³-hybridized carbons (Fsp3) is 0.333.